The lowest BCUT2D eigenvalue weighted by Gasteiger charge is -2.13. The van der Waals surface area contributed by atoms with E-state index in [2.05, 4.69) is 10.3 Å². The molecule has 0 aliphatic heterocycles. The molecule has 0 unspecified atom stereocenters. The molecular formula is C19H20N2O3S. The highest BCUT2D eigenvalue weighted by molar-refractivity contribution is 7.13. The van der Waals surface area contributed by atoms with Gasteiger partial charge in [0, 0.05) is 11.9 Å². The zero-order chi connectivity index (χ0) is 17.8. The number of hydrogen-bond donors (Lipinski definition) is 1. The lowest BCUT2D eigenvalue weighted by atomic mass is 10.1. The van der Waals surface area contributed by atoms with Crippen LogP contribution in [0, 0.1) is 13.8 Å². The second kappa shape index (κ2) is 7.53. The molecule has 5 nitrogen and oxygen atoms in total. The fourth-order valence-corrected chi connectivity index (χ4v) is 3.22. The maximum absolute atomic E-state index is 12.2. The molecule has 2 aromatic heterocycles. The molecule has 1 N–H and O–H groups in total. The second-order valence-electron chi connectivity index (χ2n) is 5.65. The number of rotatable bonds is 6. The molecule has 0 bridgehead atoms. The van der Waals surface area contributed by atoms with Gasteiger partial charge in [0.05, 0.1) is 11.3 Å². The van der Waals surface area contributed by atoms with Crippen LogP contribution in [0.1, 0.15) is 34.3 Å². The van der Waals surface area contributed by atoms with E-state index in [0.29, 0.717) is 24.5 Å². The van der Waals surface area contributed by atoms with Crippen LogP contribution in [0.4, 0.5) is 0 Å². The number of para-hydroxylation sites is 1. The largest absolute Gasteiger partial charge is 0.486 e. The Labute approximate surface area is 150 Å². The minimum Gasteiger partial charge on any atom is -0.486 e. The molecule has 2 heterocycles. The number of amides is 1. The molecule has 0 radical (unpaired) electrons. The molecule has 1 aromatic carbocycles. The van der Waals surface area contributed by atoms with Crippen molar-refractivity contribution >= 4 is 17.2 Å². The summed E-state index contributed by atoms with van der Waals surface area (Å²) in [6.45, 7) is 6.59. The van der Waals surface area contributed by atoms with Crippen LogP contribution in [0.3, 0.4) is 0 Å². The molecule has 3 aromatic rings. The number of aromatic nitrogens is 1. The Morgan fingerprint density at radius 3 is 2.84 bits per heavy atom. The van der Waals surface area contributed by atoms with Crippen LogP contribution in [-0.4, -0.2) is 17.4 Å². The maximum atomic E-state index is 12.2. The van der Waals surface area contributed by atoms with Crippen molar-refractivity contribution < 1.29 is 13.9 Å². The molecule has 0 saturated carbocycles. The number of furan rings is 1. The lowest BCUT2D eigenvalue weighted by Crippen LogP contribution is -2.23. The van der Waals surface area contributed by atoms with Gasteiger partial charge in [-0.3, -0.25) is 4.79 Å². The number of nitrogens with one attached hydrogen (secondary N) is 1. The van der Waals surface area contributed by atoms with E-state index in [1.807, 2.05) is 50.4 Å². The van der Waals surface area contributed by atoms with Crippen molar-refractivity contribution in [2.24, 2.45) is 0 Å². The molecule has 0 spiro atoms. The summed E-state index contributed by atoms with van der Waals surface area (Å²) < 4.78 is 11.5. The van der Waals surface area contributed by atoms with Gasteiger partial charge in [0.2, 0.25) is 0 Å². The van der Waals surface area contributed by atoms with Crippen LogP contribution in [0.5, 0.6) is 5.75 Å². The van der Waals surface area contributed by atoms with E-state index in [1.54, 1.807) is 6.07 Å². The van der Waals surface area contributed by atoms with E-state index in [1.165, 1.54) is 11.3 Å². The Hall–Kier alpha value is -2.60. The van der Waals surface area contributed by atoms with Crippen LogP contribution >= 0.6 is 11.3 Å². The summed E-state index contributed by atoms with van der Waals surface area (Å²) in [7, 11) is 0. The molecule has 0 fully saturated rings. The maximum Gasteiger partial charge on any atom is 0.255 e. The van der Waals surface area contributed by atoms with Gasteiger partial charge in [0.15, 0.2) is 10.8 Å². The van der Waals surface area contributed by atoms with Gasteiger partial charge in [-0.25, -0.2) is 4.98 Å². The highest BCUT2D eigenvalue weighted by Gasteiger charge is 2.15. The zero-order valence-corrected chi connectivity index (χ0v) is 15.3. The van der Waals surface area contributed by atoms with Gasteiger partial charge in [-0.15, -0.1) is 11.3 Å². The summed E-state index contributed by atoms with van der Waals surface area (Å²) in [6, 6.07) is 9.38. The summed E-state index contributed by atoms with van der Waals surface area (Å²) in [5.74, 6) is 2.07. The van der Waals surface area contributed by atoms with E-state index in [9.17, 15) is 4.79 Å². The average molecular weight is 356 g/mol. The molecule has 25 heavy (non-hydrogen) atoms. The first-order valence-electron chi connectivity index (χ1n) is 8.10. The Morgan fingerprint density at radius 2 is 2.12 bits per heavy atom. The minimum absolute atomic E-state index is 0.133. The smallest absolute Gasteiger partial charge is 0.255 e. The van der Waals surface area contributed by atoms with E-state index in [0.717, 1.165) is 27.8 Å². The summed E-state index contributed by atoms with van der Waals surface area (Å²) in [5.41, 5.74) is 2.26. The summed E-state index contributed by atoms with van der Waals surface area (Å²) in [4.78, 5) is 16.8. The number of ether oxygens (including phenoxy) is 1. The number of aryl methyl sites for hydroxylation is 2. The molecule has 0 saturated heterocycles. The van der Waals surface area contributed by atoms with Crippen LogP contribution < -0.4 is 10.1 Å². The van der Waals surface area contributed by atoms with Gasteiger partial charge in [-0.2, -0.15) is 0 Å². The highest BCUT2D eigenvalue weighted by atomic mass is 32.1. The van der Waals surface area contributed by atoms with Crippen molar-refractivity contribution in [3.63, 3.8) is 0 Å². The molecule has 0 aliphatic carbocycles. The van der Waals surface area contributed by atoms with Crippen LogP contribution in [0.2, 0.25) is 0 Å². The molecular weight excluding hydrogens is 336 g/mol. The molecule has 0 aliphatic rings. The number of carbonyl (C=O) groups is 1. The Morgan fingerprint density at radius 1 is 1.28 bits per heavy atom. The van der Waals surface area contributed by atoms with Crippen molar-refractivity contribution in [1.29, 1.82) is 0 Å². The average Bonchev–Trinajstić information content (AvgIpc) is 3.22. The van der Waals surface area contributed by atoms with Gasteiger partial charge in [-0.1, -0.05) is 12.1 Å². The standard InChI is InChI=1S/C19H20N2O3S/c1-4-20-18(22)15-7-5-6-12(2)17(15)23-10-14-11-25-19(21-14)16-9-8-13(3)24-16/h5-9,11H,4,10H2,1-3H3,(H,20,22). The van der Waals surface area contributed by atoms with Crippen molar-refractivity contribution in [3.05, 3.63) is 58.3 Å². The normalized spacial score (nSPS) is 10.7. The van der Waals surface area contributed by atoms with Crippen LogP contribution in [0.25, 0.3) is 10.8 Å². The zero-order valence-electron chi connectivity index (χ0n) is 14.5. The number of benzene rings is 1. The Bertz CT molecular complexity index is 882. The number of thiazole rings is 1. The Kier molecular flexibility index (Phi) is 5.19. The van der Waals surface area contributed by atoms with Gasteiger partial charge in [-0.05, 0) is 44.5 Å². The van der Waals surface area contributed by atoms with Gasteiger partial charge >= 0.3 is 0 Å². The molecule has 6 heteroatoms. The fourth-order valence-electron chi connectivity index (χ4n) is 2.46. The van der Waals surface area contributed by atoms with E-state index < -0.39 is 0 Å². The predicted octanol–water partition coefficient (Wildman–Crippen LogP) is 4.35. The summed E-state index contributed by atoms with van der Waals surface area (Å²) in [6.07, 6.45) is 0. The second-order valence-corrected chi connectivity index (χ2v) is 6.51. The van der Waals surface area contributed by atoms with E-state index >= 15 is 0 Å². The molecule has 3 rings (SSSR count). The van der Waals surface area contributed by atoms with Gasteiger partial charge < -0.3 is 14.5 Å². The Balaban J connectivity index is 1.76. The van der Waals surface area contributed by atoms with E-state index in [-0.39, 0.29) is 5.91 Å². The van der Waals surface area contributed by atoms with E-state index in [4.69, 9.17) is 9.15 Å². The number of carbonyl (C=O) groups excluding carboxylic acids is 1. The van der Waals surface area contributed by atoms with Crippen LogP contribution in [-0.2, 0) is 6.61 Å². The molecule has 130 valence electrons. The number of hydrogen-bond acceptors (Lipinski definition) is 5. The SMILES string of the molecule is CCNC(=O)c1cccc(C)c1OCc1csc(-c2ccc(C)o2)n1. The molecule has 0 atom stereocenters. The van der Waals surface area contributed by atoms with Gasteiger partial charge in [0.1, 0.15) is 18.1 Å². The lowest BCUT2D eigenvalue weighted by molar-refractivity contribution is 0.0951. The first kappa shape index (κ1) is 17.2. The summed E-state index contributed by atoms with van der Waals surface area (Å²) in [5, 5.41) is 5.57. The monoisotopic (exact) mass is 356 g/mol. The first-order valence-corrected chi connectivity index (χ1v) is 8.98. The topological polar surface area (TPSA) is 64.4 Å². The van der Waals surface area contributed by atoms with Crippen molar-refractivity contribution in [3.8, 4) is 16.5 Å². The third kappa shape index (κ3) is 3.91. The highest BCUT2D eigenvalue weighted by Crippen LogP contribution is 2.28. The molecule has 1 amide bonds. The first-order chi connectivity index (χ1) is 12.1. The predicted molar refractivity (Wildman–Crippen MR) is 98.1 cm³/mol. The van der Waals surface area contributed by atoms with Crippen molar-refractivity contribution in [1.82, 2.24) is 10.3 Å². The quantitative estimate of drug-likeness (QED) is 0.713. The fraction of sp³-hybridized carbons (Fsp3) is 0.263. The third-order valence-electron chi connectivity index (χ3n) is 3.66. The van der Waals surface area contributed by atoms with Crippen LogP contribution in [0.15, 0.2) is 40.1 Å². The minimum atomic E-state index is -0.133. The van der Waals surface area contributed by atoms with Crippen molar-refractivity contribution in [2.75, 3.05) is 6.54 Å². The van der Waals surface area contributed by atoms with Gasteiger partial charge in [0.25, 0.3) is 5.91 Å². The summed E-state index contributed by atoms with van der Waals surface area (Å²) >= 11 is 1.51. The third-order valence-corrected chi connectivity index (χ3v) is 4.57. The van der Waals surface area contributed by atoms with Crippen molar-refractivity contribution in [2.45, 2.75) is 27.4 Å². The number of nitrogens with zero attached hydrogens (tertiary/aromatic N) is 1.